The van der Waals surface area contributed by atoms with Gasteiger partial charge in [0.2, 0.25) is 5.88 Å². The maximum atomic E-state index is 5.70. The van der Waals surface area contributed by atoms with Crippen LogP contribution in [0.1, 0.15) is 18.4 Å². The monoisotopic (exact) mass is 252 g/mol. The molecule has 2 N–H and O–H groups in total. The van der Waals surface area contributed by atoms with E-state index in [1.165, 1.54) is 0 Å². The zero-order valence-electron chi connectivity index (χ0n) is 9.59. The molecule has 2 rings (SSSR count). The van der Waals surface area contributed by atoms with Gasteiger partial charge in [0, 0.05) is 19.4 Å². The first kappa shape index (κ1) is 12.3. The highest BCUT2D eigenvalue weighted by Crippen LogP contribution is 2.19. The third kappa shape index (κ3) is 3.38. The zero-order valence-corrected chi connectivity index (χ0v) is 10.4. The zero-order chi connectivity index (χ0) is 12.1. The van der Waals surface area contributed by atoms with Gasteiger partial charge in [0.1, 0.15) is 4.99 Å². The number of thiocarbonyl (C=S) groups is 1. The van der Waals surface area contributed by atoms with Crippen molar-refractivity contribution in [3.05, 3.63) is 23.9 Å². The Morgan fingerprint density at radius 2 is 2.29 bits per heavy atom. The summed E-state index contributed by atoms with van der Waals surface area (Å²) in [5.41, 5.74) is 6.32. The lowest BCUT2D eigenvalue weighted by molar-refractivity contribution is 0.0490. The van der Waals surface area contributed by atoms with Crippen molar-refractivity contribution in [1.82, 2.24) is 4.98 Å². The lowest BCUT2D eigenvalue weighted by Crippen LogP contribution is -2.22. The van der Waals surface area contributed by atoms with Crippen LogP contribution < -0.4 is 10.5 Å². The van der Waals surface area contributed by atoms with E-state index in [1.807, 2.05) is 6.07 Å². The predicted octanol–water partition coefficient (Wildman–Crippen LogP) is 1.52. The fraction of sp³-hybridized carbons (Fsp3) is 0.500. The SMILES string of the molecule is NC(=S)c1cccnc1OCC1CCOCC1. The topological polar surface area (TPSA) is 57.4 Å². The van der Waals surface area contributed by atoms with Crippen LogP contribution in [0.2, 0.25) is 0 Å². The van der Waals surface area contributed by atoms with Crippen molar-refractivity contribution in [2.45, 2.75) is 12.8 Å². The van der Waals surface area contributed by atoms with E-state index in [1.54, 1.807) is 12.3 Å². The van der Waals surface area contributed by atoms with Crippen LogP contribution in [0.25, 0.3) is 0 Å². The van der Waals surface area contributed by atoms with Gasteiger partial charge < -0.3 is 15.2 Å². The number of rotatable bonds is 4. The van der Waals surface area contributed by atoms with Crippen LogP contribution in [-0.2, 0) is 4.74 Å². The summed E-state index contributed by atoms with van der Waals surface area (Å²) in [5.74, 6) is 1.07. The second-order valence-corrected chi connectivity index (χ2v) is 4.53. The average Bonchev–Trinajstić information content (AvgIpc) is 2.38. The Labute approximate surface area is 106 Å². The van der Waals surface area contributed by atoms with Gasteiger partial charge in [-0.2, -0.15) is 0 Å². The van der Waals surface area contributed by atoms with Gasteiger partial charge in [-0.3, -0.25) is 0 Å². The summed E-state index contributed by atoms with van der Waals surface area (Å²) in [6.45, 7) is 2.28. The maximum absolute atomic E-state index is 5.70. The molecular weight excluding hydrogens is 236 g/mol. The number of nitrogens with zero attached hydrogens (tertiary/aromatic N) is 1. The highest BCUT2D eigenvalue weighted by atomic mass is 32.1. The lowest BCUT2D eigenvalue weighted by Gasteiger charge is -2.22. The third-order valence-corrected chi connectivity index (χ3v) is 3.05. The van der Waals surface area contributed by atoms with Crippen LogP contribution in [-0.4, -0.2) is 29.8 Å². The van der Waals surface area contributed by atoms with Crippen molar-refractivity contribution < 1.29 is 9.47 Å². The molecule has 1 fully saturated rings. The highest BCUT2D eigenvalue weighted by Gasteiger charge is 2.16. The van der Waals surface area contributed by atoms with Crippen LogP contribution in [0, 0.1) is 5.92 Å². The Balaban J connectivity index is 1.96. The molecule has 2 heterocycles. The van der Waals surface area contributed by atoms with Crippen LogP contribution in [0.4, 0.5) is 0 Å². The van der Waals surface area contributed by atoms with Crippen molar-refractivity contribution in [3.8, 4) is 5.88 Å². The molecule has 4 nitrogen and oxygen atoms in total. The van der Waals surface area contributed by atoms with Crippen LogP contribution in [0.3, 0.4) is 0 Å². The molecular formula is C12H16N2O2S. The predicted molar refractivity (Wildman–Crippen MR) is 69.2 cm³/mol. The van der Waals surface area contributed by atoms with E-state index < -0.39 is 0 Å². The fourth-order valence-electron chi connectivity index (χ4n) is 1.80. The Morgan fingerprint density at radius 3 is 3.00 bits per heavy atom. The van der Waals surface area contributed by atoms with Gasteiger partial charge >= 0.3 is 0 Å². The summed E-state index contributed by atoms with van der Waals surface area (Å²) < 4.78 is 11.0. The van der Waals surface area contributed by atoms with Gasteiger partial charge in [-0.1, -0.05) is 12.2 Å². The average molecular weight is 252 g/mol. The van der Waals surface area contributed by atoms with Crippen molar-refractivity contribution >= 4 is 17.2 Å². The van der Waals surface area contributed by atoms with Crippen LogP contribution in [0.15, 0.2) is 18.3 Å². The van der Waals surface area contributed by atoms with Gasteiger partial charge in [-0.25, -0.2) is 4.98 Å². The van der Waals surface area contributed by atoms with Crippen molar-refractivity contribution in [3.63, 3.8) is 0 Å². The third-order valence-electron chi connectivity index (χ3n) is 2.83. The molecule has 1 aliphatic heterocycles. The minimum absolute atomic E-state index is 0.320. The first-order valence-electron chi connectivity index (χ1n) is 5.72. The molecule has 1 aliphatic rings. The Morgan fingerprint density at radius 1 is 1.53 bits per heavy atom. The summed E-state index contributed by atoms with van der Waals surface area (Å²) in [6.07, 6.45) is 3.76. The molecule has 0 radical (unpaired) electrons. The molecule has 0 saturated carbocycles. The standard InChI is InChI=1S/C12H16N2O2S/c13-11(17)10-2-1-5-14-12(10)16-8-9-3-6-15-7-4-9/h1-2,5,9H,3-4,6-8H2,(H2,13,17). The number of hydrogen-bond acceptors (Lipinski definition) is 4. The Hall–Kier alpha value is -1.20. The molecule has 0 unspecified atom stereocenters. The lowest BCUT2D eigenvalue weighted by atomic mass is 10.0. The van der Waals surface area contributed by atoms with Gasteiger partial charge in [0.25, 0.3) is 0 Å². The maximum Gasteiger partial charge on any atom is 0.223 e. The number of hydrogen-bond donors (Lipinski definition) is 1. The van der Waals surface area contributed by atoms with Gasteiger partial charge in [0.15, 0.2) is 0 Å². The Bertz CT molecular complexity index is 392. The highest BCUT2D eigenvalue weighted by molar-refractivity contribution is 7.80. The van der Waals surface area contributed by atoms with Gasteiger partial charge in [-0.15, -0.1) is 0 Å². The molecule has 1 saturated heterocycles. The number of nitrogens with two attached hydrogens (primary N) is 1. The molecule has 92 valence electrons. The van der Waals surface area contributed by atoms with E-state index in [0.29, 0.717) is 29.0 Å². The summed E-state index contributed by atoms with van der Waals surface area (Å²) in [6, 6.07) is 3.63. The van der Waals surface area contributed by atoms with E-state index in [4.69, 9.17) is 27.4 Å². The first-order valence-corrected chi connectivity index (χ1v) is 6.13. The fourth-order valence-corrected chi connectivity index (χ4v) is 1.96. The molecule has 17 heavy (non-hydrogen) atoms. The van der Waals surface area contributed by atoms with E-state index in [9.17, 15) is 0 Å². The van der Waals surface area contributed by atoms with Crippen molar-refractivity contribution in [1.29, 1.82) is 0 Å². The number of pyridine rings is 1. The summed E-state index contributed by atoms with van der Waals surface area (Å²) in [4.78, 5) is 4.48. The molecule has 0 spiro atoms. The molecule has 5 heteroatoms. The molecule has 1 aromatic rings. The van der Waals surface area contributed by atoms with E-state index in [2.05, 4.69) is 4.98 Å². The smallest absolute Gasteiger partial charge is 0.223 e. The van der Waals surface area contributed by atoms with Crippen LogP contribution >= 0.6 is 12.2 Å². The minimum Gasteiger partial charge on any atom is -0.477 e. The van der Waals surface area contributed by atoms with Gasteiger partial charge in [-0.05, 0) is 30.9 Å². The summed E-state index contributed by atoms with van der Waals surface area (Å²) in [7, 11) is 0. The van der Waals surface area contributed by atoms with Gasteiger partial charge in [0.05, 0.1) is 12.2 Å². The summed E-state index contributed by atoms with van der Waals surface area (Å²) >= 11 is 4.96. The van der Waals surface area contributed by atoms with Crippen molar-refractivity contribution in [2.75, 3.05) is 19.8 Å². The molecule has 0 bridgehead atoms. The number of ether oxygens (including phenoxy) is 2. The van der Waals surface area contributed by atoms with E-state index in [0.717, 1.165) is 26.1 Å². The van der Waals surface area contributed by atoms with Crippen molar-refractivity contribution in [2.24, 2.45) is 11.7 Å². The quantitative estimate of drug-likeness (QED) is 0.823. The largest absolute Gasteiger partial charge is 0.477 e. The number of aromatic nitrogens is 1. The van der Waals surface area contributed by atoms with E-state index >= 15 is 0 Å². The second kappa shape index (κ2) is 5.93. The molecule has 1 aromatic heterocycles. The van der Waals surface area contributed by atoms with E-state index in [-0.39, 0.29) is 0 Å². The molecule has 0 aromatic carbocycles. The summed E-state index contributed by atoms with van der Waals surface area (Å²) in [5, 5.41) is 0. The minimum atomic E-state index is 0.320. The second-order valence-electron chi connectivity index (χ2n) is 4.09. The molecule has 0 atom stereocenters. The normalized spacial score (nSPS) is 16.7. The molecule has 0 amide bonds. The Kier molecular flexibility index (Phi) is 4.28. The first-order chi connectivity index (χ1) is 8.27. The molecule has 0 aliphatic carbocycles. The van der Waals surface area contributed by atoms with Crippen LogP contribution in [0.5, 0.6) is 5.88 Å².